The maximum Gasteiger partial charge on any atom is 0.266 e. The minimum atomic E-state index is -0.445. The van der Waals surface area contributed by atoms with Crippen LogP contribution < -0.4 is 10.1 Å². The fourth-order valence-corrected chi connectivity index (χ4v) is 2.44. The molecule has 0 aliphatic carbocycles. The Labute approximate surface area is 158 Å². The van der Waals surface area contributed by atoms with Gasteiger partial charge in [0.15, 0.2) is 0 Å². The zero-order chi connectivity index (χ0) is 18.9. The highest BCUT2D eigenvalue weighted by Gasteiger charge is 2.09. The average molecular weight is 354 g/mol. The van der Waals surface area contributed by atoms with Gasteiger partial charge in [-0.3, -0.25) is 4.79 Å². The second-order valence-electron chi connectivity index (χ2n) is 5.83. The summed E-state index contributed by atoms with van der Waals surface area (Å²) in [5, 5.41) is 12.0. The van der Waals surface area contributed by atoms with Crippen LogP contribution in [0.15, 0.2) is 90.5 Å². The van der Waals surface area contributed by atoms with E-state index < -0.39 is 5.91 Å². The summed E-state index contributed by atoms with van der Waals surface area (Å²) in [7, 11) is 0. The van der Waals surface area contributed by atoms with E-state index in [4.69, 9.17) is 4.74 Å². The van der Waals surface area contributed by atoms with E-state index in [2.05, 4.69) is 5.32 Å². The summed E-state index contributed by atoms with van der Waals surface area (Å²) < 4.78 is 5.72. The Balaban J connectivity index is 1.61. The third-order valence-corrected chi connectivity index (χ3v) is 3.84. The highest BCUT2D eigenvalue weighted by Crippen LogP contribution is 2.18. The molecular weight excluding hydrogens is 336 g/mol. The van der Waals surface area contributed by atoms with Crippen LogP contribution in [0, 0.1) is 11.3 Å². The van der Waals surface area contributed by atoms with Crippen LogP contribution in [0.3, 0.4) is 0 Å². The molecule has 0 bridgehead atoms. The predicted octanol–water partition coefficient (Wildman–Crippen LogP) is 4.81. The first-order valence-corrected chi connectivity index (χ1v) is 8.49. The van der Waals surface area contributed by atoms with Gasteiger partial charge >= 0.3 is 0 Å². The molecule has 0 aliphatic rings. The molecule has 1 amide bonds. The number of rotatable bonds is 6. The van der Waals surface area contributed by atoms with Gasteiger partial charge in [0.2, 0.25) is 0 Å². The number of nitrogens with one attached hydrogen (secondary N) is 1. The topological polar surface area (TPSA) is 62.1 Å². The van der Waals surface area contributed by atoms with Crippen LogP contribution >= 0.6 is 0 Å². The van der Waals surface area contributed by atoms with Crippen molar-refractivity contribution in [2.45, 2.75) is 6.61 Å². The van der Waals surface area contributed by atoms with Gasteiger partial charge in [0.1, 0.15) is 24.0 Å². The van der Waals surface area contributed by atoms with Gasteiger partial charge in [0, 0.05) is 5.69 Å². The number of hydrogen-bond donors (Lipinski definition) is 1. The first-order chi connectivity index (χ1) is 13.2. The minimum absolute atomic E-state index is 0.0469. The zero-order valence-electron chi connectivity index (χ0n) is 14.6. The van der Waals surface area contributed by atoms with Crippen LogP contribution in [-0.2, 0) is 11.4 Å². The molecule has 4 heteroatoms. The molecule has 0 fully saturated rings. The Kier molecular flexibility index (Phi) is 6.00. The Morgan fingerprint density at radius 1 is 0.926 bits per heavy atom. The highest BCUT2D eigenvalue weighted by atomic mass is 16.5. The molecule has 0 heterocycles. The number of nitrogens with zero attached hydrogens (tertiary/aromatic N) is 1. The summed E-state index contributed by atoms with van der Waals surface area (Å²) in [4.78, 5) is 12.3. The summed E-state index contributed by atoms with van der Waals surface area (Å²) in [5.41, 5.74) is 2.53. The van der Waals surface area contributed by atoms with Crippen molar-refractivity contribution >= 4 is 17.7 Å². The summed E-state index contributed by atoms with van der Waals surface area (Å²) in [6.45, 7) is 0.477. The molecule has 0 saturated carbocycles. The van der Waals surface area contributed by atoms with Crippen molar-refractivity contribution in [3.05, 3.63) is 102 Å². The maximum absolute atomic E-state index is 12.3. The van der Waals surface area contributed by atoms with Crippen molar-refractivity contribution in [1.82, 2.24) is 0 Å². The van der Waals surface area contributed by atoms with E-state index >= 15 is 0 Å². The molecule has 3 rings (SSSR count). The molecule has 3 aromatic carbocycles. The van der Waals surface area contributed by atoms with Gasteiger partial charge < -0.3 is 10.1 Å². The van der Waals surface area contributed by atoms with E-state index in [1.54, 1.807) is 30.3 Å². The highest BCUT2D eigenvalue weighted by molar-refractivity contribution is 6.09. The van der Waals surface area contributed by atoms with Crippen LogP contribution in [0.4, 0.5) is 5.69 Å². The Morgan fingerprint density at radius 3 is 2.19 bits per heavy atom. The van der Waals surface area contributed by atoms with Crippen molar-refractivity contribution in [2.75, 3.05) is 5.32 Å². The maximum atomic E-state index is 12.3. The van der Waals surface area contributed by atoms with Crippen molar-refractivity contribution in [2.24, 2.45) is 0 Å². The first kappa shape index (κ1) is 18.0. The molecule has 0 aromatic heterocycles. The Bertz CT molecular complexity index is 957. The molecule has 0 atom stereocenters. The summed E-state index contributed by atoms with van der Waals surface area (Å²) >= 11 is 0. The molecule has 0 saturated heterocycles. The van der Waals surface area contributed by atoms with Crippen LogP contribution in [0.1, 0.15) is 11.1 Å². The molecule has 27 heavy (non-hydrogen) atoms. The van der Waals surface area contributed by atoms with E-state index in [1.165, 1.54) is 0 Å². The number of ether oxygens (including phenoxy) is 1. The van der Waals surface area contributed by atoms with Crippen molar-refractivity contribution in [3.8, 4) is 11.8 Å². The molecular formula is C23H18N2O2. The van der Waals surface area contributed by atoms with Crippen LogP contribution in [0.2, 0.25) is 0 Å². The van der Waals surface area contributed by atoms with Gasteiger partial charge in [-0.2, -0.15) is 5.26 Å². The molecule has 0 spiro atoms. The largest absolute Gasteiger partial charge is 0.489 e. The molecule has 132 valence electrons. The second kappa shape index (κ2) is 9.02. The Morgan fingerprint density at radius 2 is 1.56 bits per heavy atom. The standard InChI is InChI=1S/C23H18N2O2/c24-16-20(15-18-7-3-1-4-8-18)23(26)25-21-11-13-22(14-12-21)27-17-19-9-5-2-6-10-19/h1-15H,17H2,(H,25,26). The normalized spacial score (nSPS) is 10.7. The number of carbonyl (C=O) groups excluding carboxylic acids is 1. The zero-order valence-corrected chi connectivity index (χ0v) is 14.6. The number of amides is 1. The average Bonchev–Trinajstić information content (AvgIpc) is 2.73. The van der Waals surface area contributed by atoms with Gasteiger partial charge in [-0.15, -0.1) is 0 Å². The lowest BCUT2D eigenvalue weighted by atomic mass is 10.1. The summed E-state index contributed by atoms with van der Waals surface area (Å²) in [6.07, 6.45) is 1.56. The van der Waals surface area contributed by atoms with Crippen LogP contribution in [0.25, 0.3) is 6.08 Å². The van der Waals surface area contributed by atoms with Crippen molar-refractivity contribution in [1.29, 1.82) is 5.26 Å². The third kappa shape index (κ3) is 5.32. The lowest BCUT2D eigenvalue weighted by molar-refractivity contribution is -0.112. The third-order valence-electron chi connectivity index (χ3n) is 3.84. The molecule has 0 unspecified atom stereocenters. The van der Waals surface area contributed by atoms with Crippen molar-refractivity contribution < 1.29 is 9.53 Å². The van der Waals surface area contributed by atoms with Gasteiger partial charge in [-0.05, 0) is 41.5 Å². The Hall–Kier alpha value is -3.84. The van der Waals surface area contributed by atoms with Gasteiger partial charge in [-0.1, -0.05) is 60.7 Å². The smallest absolute Gasteiger partial charge is 0.266 e. The lowest BCUT2D eigenvalue weighted by Gasteiger charge is -2.08. The number of anilines is 1. The van der Waals surface area contributed by atoms with E-state index in [0.717, 1.165) is 11.1 Å². The molecule has 3 aromatic rings. The minimum Gasteiger partial charge on any atom is -0.489 e. The lowest BCUT2D eigenvalue weighted by Crippen LogP contribution is -2.13. The van der Waals surface area contributed by atoms with E-state index in [0.29, 0.717) is 18.0 Å². The SMILES string of the molecule is N#CC(=Cc1ccccc1)C(=O)Nc1ccc(OCc2ccccc2)cc1. The monoisotopic (exact) mass is 354 g/mol. The molecule has 0 aliphatic heterocycles. The number of nitriles is 1. The fourth-order valence-electron chi connectivity index (χ4n) is 2.44. The number of benzene rings is 3. The fraction of sp³-hybridized carbons (Fsp3) is 0.0435. The first-order valence-electron chi connectivity index (χ1n) is 8.49. The number of carbonyl (C=O) groups is 1. The van der Waals surface area contributed by atoms with E-state index in [1.807, 2.05) is 66.7 Å². The van der Waals surface area contributed by atoms with E-state index in [-0.39, 0.29) is 5.57 Å². The van der Waals surface area contributed by atoms with Crippen LogP contribution in [0.5, 0.6) is 5.75 Å². The summed E-state index contributed by atoms with van der Waals surface area (Å²) in [6, 6.07) is 28.2. The van der Waals surface area contributed by atoms with Crippen LogP contribution in [-0.4, -0.2) is 5.91 Å². The quantitative estimate of drug-likeness (QED) is 0.510. The molecule has 4 nitrogen and oxygen atoms in total. The predicted molar refractivity (Wildman–Crippen MR) is 106 cm³/mol. The van der Waals surface area contributed by atoms with Crippen molar-refractivity contribution in [3.63, 3.8) is 0 Å². The second-order valence-corrected chi connectivity index (χ2v) is 5.83. The number of hydrogen-bond acceptors (Lipinski definition) is 3. The molecule has 0 radical (unpaired) electrons. The molecule has 1 N–H and O–H groups in total. The summed E-state index contributed by atoms with van der Waals surface area (Å²) in [5.74, 6) is 0.261. The van der Waals surface area contributed by atoms with Gasteiger partial charge in [0.05, 0.1) is 0 Å². The van der Waals surface area contributed by atoms with E-state index in [9.17, 15) is 10.1 Å². The van der Waals surface area contributed by atoms with Gasteiger partial charge in [-0.25, -0.2) is 0 Å². The van der Waals surface area contributed by atoms with Gasteiger partial charge in [0.25, 0.3) is 5.91 Å².